The summed E-state index contributed by atoms with van der Waals surface area (Å²) < 4.78 is 64.3. The van der Waals surface area contributed by atoms with Crippen molar-refractivity contribution < 1.29 is 21.6 Å². The van der Waals surface area contributed by atoms with Crippen LogP contribution in [0.25, 0.3) is 0 Å². The number of sulfonamides is 1. The van der Waals surface area contributed by atoms with E-state index in [1.165, 1.54) is 18.2 Å². The van der Waals surface area contributed by atoms with E-state index >= 15 is 0 Å². The van der Waals surface area contributed by atoms with Crippen LogP contribution >= 0.6 is 0 Å². The van der Waals surface area contributed by atoms with Crippen LogP contribution in [0.15, 0.2) is 23.1 Å². The smallest absolute Gasteiger partial charge is 0.326 e. The fourth-order valence-corrected chi connectivity index (χ4v) is 3.48. The molecule has 0 aromatic heterocycles. The lowest BCUT2D eigenvalue weighted by Gasteiger charge is -2.20. The van der Waals surface area contributed by atoms with E-state index in [9.17, 15) is 21.6 Å². The minimum absolute atomic E-state index is 0.178. The summed E-state index contributed by atoms with van der Waals surface area (Å²) in [5, 5.41) is 0. The zero-order valence-corrected chi connectivity index (χ0v) is 11.6. The second kappa shape index (κ2) is 4.71. The summed E-state index contributed by atoms with van der Waals surface area (Å²) in [6, 6.07) is 4.11. The number of rotatable bonds is 4. The highest BCUT2D eigenvalue weighted by Crippen LogP contribution is 2.49. The van der Waals surface area contributed by atoms with Crippen molar-refractivity contribution in [3.63, 3.8) is 0 Å². The van der Waals surface area contributed by atoms with E-state index in [0.29, 0.717) is 5.56 Å². The maximum absolute atomic E-state index is 12.8. The maximum Gasteiger partial charge on any atom is 0.407 e. The van der Waals surface area contributed by atoms with Crippen LogP contribution in [0, 0.1) is 6.92 Å². The number of hydrogen-bond acceptors (Lipinski definition) is 3. The van der Waals surface area contributed by atoms with Gasteiger partial charge in [-0.3, -0.25) is 0 Å². The molecule has 3 N–H and O–H groups in total. The number of halogens is 3. The molecule has 1 aromatic carbocycles. The van der Waals surface area contributed by atoms with E-state index < -0.39 is 21.7 Å². The predicted molar refractivity (Wildman–Crippen MR) is 67.4 cm³/mol. The van der Waals surface area contributed by atoms with E-state index in [-0.39, 0.29) is 24.3 Å². The molecule has 4 nitrogen and oxygen atoms in total. The van der Waals surface area contributed by atoms with Gasteiger partial charge in [-0.1, -0.05) is 6.07 Å². The molecule has 1 fully saturated rings. The van der Waals surface area contributed by atoms with E-state index in [0.717, 1.165) is 5.56 Å². The van der Waals surface area contributed by atoms with Crippen LogP contribution in [-0.2, 0) is 16.6 Å². The van der Waals surface area contributed by atoms with Crippen LogP contribution in [0.2, 0.25) is 0 Å². The molecule has 0 spiro atoms. The van der Waals surface area contributed by atoms with Gasteiger partial charge in [0.05, 0.1) is 4.90 Å². The Kier molecular flexibility index (Phi) is 3.60. The average molecular weight is 308 g/mol. The van der Waals surface area contributed by atoms with Crippen molar-refractivity contribution in [1.29, 1.82) is 0 Å². The Morgan fingerprint density at radius 2 is 1.95 bits per heavy atom. The first-order valence-electron chi connectivity index (χ1n) is 6.02. The van der Waals surface area contributed by atoms with Gasteiger partial charge in [0.1, 0.15) is 5.54 Å². The number of nitrogens with two attached hydrogens (primary N) is 1. The molecule has 112 valence electrons. The normalized spacial score (nSPS) is 18.1. The first-order valence-corrected chi connectivity index (χ1v) is 7.50. The third-order valence-electron chi connectivity index (χ3n) is 3.47. The number of nitrogens with one attached hydrogen (secondary N) is 1. The summed E-state index contributed by atoms with van der Waals surface area (Å²) in [6.07, 6.45) is -5.03. The van der Waals surface area contributed by atoms with Gasteiger partial charge in [-0.25, -0.2) is 8.42 Å². The van der Waals surface area contributed by atoms with Crippen LogP contribution in [0.4, 0.5) is 13.2 Å². The largest absolute Gasteiger partial charge is 0.407 e. The van der Waals surface area contributed by atoms with Gasteiger partial charge < -0.3 is 5.73 Å². The molecule has 0 heterocycles. The van der Waals surface area contributed by atoms with Gasteiger partial charge in [0.25, 0.3) is 0 Å². The highest BCUT2D eigenvalue weighted by Gasteiger charge is 2.65. The number of aryl methyl sites for hydroxylation is 1. The fraction of sp³-hybridized carbons (Fsp3) is 0.500. The molecule has 0 saturated heterocycles. The molecule has 0 amide bonds. The standard InChI is InChI=1S/C12H15F3N2O2S/c1-8-6-10(3-2-9(8)7-16)20(18,19)17-11(4-5-11)12(13,14)15/h2-3,6,17H,4-5,7,16H2,1H3. The van der Waals surface area contributed by atoms with Gasteiger partial charge in [0.2, 0.25) is 10.0 Å². The van der Waals surface area contributed by atoms with E-state index in [1.807, 2.05) is 0 Å². The molecule has 1 aromatic rings. The predicted octanol–water partition coefficient (Wildman–Crippen LogP) is 1.83. The lowest BCUT2D eigenvalue weighted by Crippen LogP contribution is -2.47. The fourth-order valence-electron chi connectivity index (χ4n) is 1.95. The van der Waals surface area contributed by atoms with Crippen molar-refractivity contribution in [2.75, 3.05) is 0 Å². The summed E-state index contributed by atoms with van der Waals surface area (Å²) in [7, 11) is -4.20. The Labute approximate surface area is 115 Å². The Balaban J connectivity index is 2.30. The van der Waals surface area contributed by atoms with Gasteiger partial charge in [-0.2, -0.15) is 17.9 Å². The van der Waals surface area contributed by atoms with Crippen LogP contribution < -0.4 is 10.5 Å². The molecule has 1 saturated carbocycles. The molecule has 20 heavy (non-hydrogen) atoms. The Bertz CT molecular complexity index is 622. The zero-order chi connectivity index (χ0) is 15.2. The second-order valence-corrected chi connectivity index (χ2v) is 6.66. The highest BCUT2D eigenvalue weighted by atomic mass is 32.2. The van der Waals surface area contributed by atoms with E-state index in [4.69, 9.17) is 5.73 Å². The van der Waals surface area contributed by atoms with E-state index in [1.54, 1.807) is 11.6 Å². The summed E-state index contributed by atoms with van der Waals surface area (Å²) in [6.45, 7) is 1.91. The van der Waals surface area contributed by atoms with Crippen molar-refractivity contribution >= 4 is 10.0 Å². The highest BCUT2D eigenvalue weighted by molar-refractivity contribution is 7.89. The Morgan fingerprint density at radius 1 is 1.35 bits per heavy atom. The third-order valence-corrected chi connectivity index (χ3v) is 5.00. The maximum atomic E-state index is 12.8. The average Bonchev–Trinajstić information content (AvgIpc) is 3.08. The molecule has 1 aliphatic rings. The van der Waals surface area contributed by atoms with Crippen LogP contribution in [0.3, 0.4) is 0 Å². The Morgan fingerprint density at radius 3 is 2.35 bits per heavy atom. The van der Waals surface area contributed by atoms with Gasteiger partial charge in [-0.15, -0.1) is 0 Å². The summed E-state index contributed by atoms with van der Waals surface area (Å²) in [5.41, 5.74) is 4.55. The molecule has 0 radical (unpaired) electrons. The first-order chi connectivity index (χ1) is 9.11. The van der Waals surface area contributed by atoms with Crippen LogP contribution in [0.5, 0.6) is 0 Å². The topological polar surface area (TPSA) is 72.2 Å². The quantitative estimate of drug-likeness (QED) is 0.891. The number of benzene rings is 1. The lowest BCUT2D eigenvalue weighted by atomic mass is 10.1. The molecule has 0 atom stereocenters. The molecular weight excluding hydrogens is 293 g/mol. The third kappa shape index (κ3) is 2.68. The summed E-state index contributed by atoms with van der Waals surface area (Å²) in [5.74, 6) is 0. The first kappa shape index (κ1) is 15.3. The van der Waals surface area contributed by atoms with Crippen molar-refractivity contribution in [2.24, 2.45) is 5.73 Å². The molecule has 0 unspecified atom stereocenters. The van der Waals surface area contributed by atoms with Crippen molar-refractivity contribution in [3.05, 3.63) is 29.3 Å². The van der Waals surface area contributed by atoms with Crippen LogP contribution in [0.1, 0.15) is 24.0 Å². The minimum atomic E-state index is -4.58. The van der Waals surface area contributed by atoms with E-state index in [2.05, 4.69) is 0 Å². The van der Waals surface area contributed by atoms with Gasteiger partial charge in [-0.05, 0) is 43.0 Å². The van der Waals surface area contributed by atoms with Crippen molar-refractivity contribution in [1.82, 2.24) is 4.72 Å². The monoisotopic (exact) mass is 308 g/mol. The summed E-state index contributed by atoms with van der Waals surface area (Å²) in [4.78, 5) is -0.178. The molecule has 0 aliphatic heterocycles. The number of hydrogen-bond donors (Lipinski definition) is 2. The molecule has 2 rings (SSSR count). The van der Waals surface area contributed by atoms with Crippen molar-refractivity contribution in [2.45, 2.75) is 42.9 Å². The zero-order valence-electron chi connectivity index (χ0n) is 10.8. The molecule has 0 bridgehead atoms. The van der Waals surface area contributed by atoms with Crippen LogP contribution in [-0.4, -0.2) is 20.1 Å². The molecule has 1 aliphatic carbocycles. The Hall–Kier alpha value is -1.12. The molecule has 8 heteroatoms. The van der Waals surface area contributed by atoms with Gasteiger partial charge in [0, 0.05) is 6.54 Å². The number of alkyl halides is 3. The van der Waals surface area contributed by atoms with Gasteiger partial charge in [0.15, 0.2) is 0 Å². The minimum Gasteiger partial charge on any atom is -0.326 e. The SMILES string of the molecule is Cc1cc(S(=O)(=O)NC2(C(F)(F)F)CC2)ccc1CN. The molecular formula is C12H15F3N2O2S. The lowest BCUT2D eigenvalue weighted by molar-refractivity contribution is -0.160. The second-order valence-electron chi connectivity index (χ2n) is 4.98. The van der Waals surface area contributed by atoms with Crippen molar-refractivity contribution in [3.8, 4) is 0 Å². The van der Waals surface area contributed by atoms with Gasteiger partial charge >= 0.3 is 6.18 Å². The summed E-state index contributed by atoms with van der Waals surface area (Å²) >= 11 is 0.